The summed E-state index contributed by atoms with van der Waals surface area (Å²) in [5.74, 6) is 0.499. The smallest absolute Gasteiger partial charge is 0.157 e. The van der Waals surface area contributed by atoms with Gasteiger partial charge in [0.05, 0.1) is 11.0 Å². The van der Waals surface area contributed by atoms with Crippen LogP contribution in [-0.2, 0) is 12.8 Å². The first kappa shape index (κ1) is 12.7. The van der Waals surface area contributed by atoms with E-state index < -0.39 is 0 Å². The summed E-state index contributed by atoms with van der Waals surface area (Å²) in [4.78, 5) is 10.3. The first-order chi connectivity index (χ1) is 10.3. The SMILES string of the molecule is Nc1nc2ccccc2nc1Sc1ccc2c(c1)CCC2. The Kier molecular flexibility index (Phi) is 3.04. The number of nitrogens with zero attached hydrogens (tertiary/aromatic N) is 2. The van der Waals surface area contributed by atoms with Crippen LogP contribution in [0.4, 0.5) is 5.82 Å². The number of hydrogen-bond acceptors (Lipinski definition) is 4. The molecule has 0 unspecified atom stereocenters. The van der Waals surface area contributed by atoms with Crippen LogP contribution in [0.5, 0.6) is 0 Å². The third kappa shape index (κ3) is 2.36. The summed E-state index contributed by atoms with van der Waals surface area (Å²) in [6.07, 6.45) is 3.65. The van der Waals surface area contributed by atoms with Crippen molar-refractivity contribution in [2.75, 3.05) is 5.73 Å². The van der Waals surface area contributed by atoms with Gasteiger partial charge in [-0.3, -0.25) is 0 Å². The lowest BCUT2D eigenvalue weighted by Gasteiger charge is -2.07. The van der Waals surface area contributed by atoms with Crippen LogP contribution in [0.1, 0.15) is 17.5 Å². The predicted molar refractivity (Wildman–Crippen MR) is 86.5 cm³/mol. The van der Waals surface area contributed by atoms with Crippen molar-refractivity contribution in [2.24, 2.45) is 0 Å². The maximum Gasteiger partial charge on any atom is 0.157 e. The van der Waals surface area contributed by atoms with Crippen molar-refractivity contribution in [1.82, 2.24) is 9.97 Å². The minimum absolute atomic E-state index is 0.499. The highest BCUT2D eigenvalue weighted by Gasteiger charge is 2.13. The summed E-state index contributed by atoms with van der Waals surface area (Å²) in [6, 6.07) is 14.5. The van der Waals surface area contributed by atoms with Crippen LogP contribution in [0.25, 0.3) is 11.0 Å². The van der Waals surface area contributed by atoms with Crippen LogP contribution in [0, 0.1) is 0 Å². The Bertz CT molecular complexity index is 829. The molecule has 3 nitrogen and oxygen atoms in total. The Morgan fingerprint density at radius 2 is 1.67 bits per heavy atom. The summed E-state index contributed by atoms with van der Waals surface area (Å²) in [7, 11) is 0. The van der Waals surface area contributed by atoms with E-state index in [4.69, 9.17) is 5.73 Å². The summed E-state index contributed by atoms with van der Waals surface area (Å²) in [6.45, 7) is 0. The Hall–Kier alpha value is -2.07. The van der Waals surface area contributed by atoms with Gasteiger partial charge in [-0.2, -0.15) is 0 Å². The molecule has 1 heterocycles. The van der Waals surface area contributed by atoms with E-state index in [1.54, 1.807) is 11.8 Å². The van der Waals surface area contributed by atoms with Gasteiger partial charge < -0.3 is 5.73 Å². The van der Waals surface area contributed by atoms with E-state index in [2.05, 4.69) is 28.2 Å². The molecule has 4 heteroatoms. The van der Waals surface area contributed by atoms with Crippen LogP contribution in [0.3, 0.4) is 0 Å². The van der Waals surface area contributed by atoms with Crippen LogP contribution < -0.4 is 5.73 Å². The maximum absolute atomic E-state index is 6.05. The number of nitrogens with two attached hydrogens (primary N) is 1. The molecular formula is C17H15N3S. The van der Waals surface area contributed by atoms with Gasteiger partial charge in [0.25, 0.3) is 0 Å². The van der Waals surface area contributed by atoms with Gasteiger partial charge in [0.2, 0.25) is 0 Å². The van der Waals surface area contributed by atoms with E-state index in [-0.39, 0.29) is 0 Å². The predicted octanol–water partition coefficient (Wildman–Crippen LogP) is 3.85. The maximum atomic E-state index is 6.05. The van der Waals surface area contributed by atoms with Gasteiger partial charge in [0.15, 0.2) is 5.82 Å². The van der Waals surface area contributed by atoms with Crippen LogP contribution in [0.2, 0.25) is 0 Å². The third-order valence-electron chi connectivity index (χ3n) is 3.85. The molecule has 21 heavy (non-hydrogen) atoms. The van der Waals surface area contributed by atoms with E-state index in [9.17, 15) is 0 Å². The monoisotopic (exact) mass is 293 g/mol. The van der Waals surface area contributed by atoms with Crippen molar-refractivity contribution in [3.8, 4) is 0 Å². The van der Waals surface area contributed by atoms with Gasteiger partial charge in [-0.1, -0.05) is 30.0 Å². The molecule has 0 saturated heterocycles. The normalized spacial score (nSPS) is 13.5. The van der Waals surface area contributed by atoms with E-state index in [1.165, 1.54) is 35.3 Å². The Balaban J connectivity index is 1.72. The molecule has 1 aliphatic carbocycles. The number of hydrogen-bond donors (Lipinski definition) is 1. The van der Waals surface area contributed by atoms with Gasteiger partial charge >= 0.3 is 0 Å². The number of aromatic nitrogens is 2. The lowest BCUT2D eigenvalue weighted by atomic mass is 10.1. The van der Waals surface area contributed by atoms with Crippen molar-refractivity contribution in [3.63, 3.8) is 0 Å². The van der Waals surface area contributed by atoms with Gasteiger partial charge in [-0.05, 0) is 54.7 Å². The summed E-state index contributed by atoms with van der Waals surface area (Å²) < 4.78 is 0. The van der Waals surface area contributed by atoms with Gasteiger partial charge in [-0.15, -0.1) is 0 Å². The average molecular weight is 293 g/mol. The Morgan fingerprint density at radius 3 is 2.52 bits per heavy atom. The lowest BCUT2D eigenvalue weighted by molar-refractivity contribution is 0.911. The zero-order chi connectivity index (χ0) is 14.2. The molecule has 3 aromatic rings. The molecule has 4 rings (SSSR count). The van der Waals surface area contributed by atoms with Crippen LogP contribution in [0.15, 0.2) is 52.4 Å². The first-order valence-electron chi connectivity index (χ1n) is 7.11. The first-order valence-corrected chi connectivity index (χ1v) is 7.93. The number of rotatable bonds is 2. The minimum atomic E-state index is 0.499. The quantitative estimate of drug-likeness (QED) is 0.779. The minimum Gasteiger partial charge on any atom is -0.381 e. The largest absolute Gasteiger partial charge is 0.381 e. The number of fused-ring (bicyclic) bond motifs is 2. The highest BCUT2D eigenvalue weighted by Crippen LogP contribution is 2.33. The molecule has 1 aromatic heterocycles. The molecule has 0 saturated carbocycles. The lowest BCUT2D eigenvalue weighted by Crippen LogP contribution is -1.97. The summed E-state index contributed by atoms with van der Waals surface area (Å²) in [5, 5.41) is 0.784. The molecule has 2 aromatic carbocycles. The van der Waals surface area contributed by atoms with Gasteiger partial charge in [0.1, 0.15) is 5.03 Å². The second kappa shape index (κ2) is 5.04. The number of aryl methyl sites for hydroxylation is 2. The highest BCUT2D eigenvalue weighted by molar-refractivity contribution is 7.99. The zero-order valence-electron chi connectivity index (χ0n) is 11.5. The molecule has 0 bridgehead atoms. The van der Waals surface area contributed by atoms with E-state index in [1.807, 2.05) is 24.3 Å². The van der Waals surface area contributed by atoms with E-state index >= 15 is 0 Å². The number of nitrogen functional groups attached to an aromatic ring is 1. The Morgan fingerprint density at radius 1 is 0.905 bits per heavy atom. The molecule has 0 atom stereocenters. The van der Waals surface area contributed by atoms with Crippen molar-refractivity contribution in [2.45, 2.75) is 29.2 Å². The van der Waals surface area contributed by atoms with Crippen molar-refractivity contribution in [3.05, 3.63) is 53.6 Å². The molecule has 104 valence electrons. The van der Waals surface area contributed by atoms with Crippen molar-refractivity contribution >= 4 is 28.6 Å². The van der Waals surface area contributed by atoms with Crippen molar-refractivity contribution < 1.29 is 0 Å². The fourth-order valence-corrected chi connectivity index (χ4v) is 3.65. The topological polar surface area (TPSA) is 51.8 Å². The average Bonchev–Trinajstić information content (AvgIpc) is 2.95. The number of anilines is 1. The molecule has 0 radical (unpaired) electrons. The molecule has 0 fully saturated rings. The fraction of sp³-hybridized carbons (Fsp3) is 0.176. The number of para-hydroxylation sites is 2. The molecule has 2 N–H and O–H groups in total. The molecule has 0 amide bonds. The zero-order valence-corrected chi connectivity index (χ0v) is 12.4. The van der Waals surface area contributed by atoms with Gasteiger partial charge in [0, 0.05) is 4.90 Å². The molecule has 0 spiro atoms. The highest BCUT2D eigenvalue weighted by atomic mass is 32.2. The van der Waals surface area contributed by atoms with Gasteiger partial charge in [-0.25, -0.2) is 9.97 Å². The van der Waals surface area contributed by atoms with E-state index in [0.717, 1.165) is 16.1 Å². The Labute approximate surface area is 127 Å². The van der Waals surface area contributed by atoms with Crippen LogP contribution >= 0.6 is 11.8 Å². The summed E-state index contributed by atoms with van der Waals surface area (Å²) >= 11 is 1.60. The standard InChI is InChI=1S/C17H15N3S/c18-16-17(20-15-7-2-1-6-14(15)19-16)21-13-9-8-11-4-3-5-12(11)10-13/h1-2,6-10H,3-5H2,(H2,18,19). The van der Waals surface area contributed by atoms with Crippen molar-refractivity contribution in [1.29, 1.82) is 0 Å². The molecule has 0 aliphatic heterocycles. The molecular weight excluding hydrogens is 278 g/mol. The number of benzene rings is 2. The van der Waals surface area contributed by atoms with E-state index in [0.29, 0.717) is 5.82 Å². The second-order valence-corrected chi connectivity index (χ2v) is 6.35. The fourth-order valence-electron chi connectivity index (χ4n) is 2.80. The van der Waals surface area contributed by atoms with Crippen LogP contribution in [-0.4, -0.2) is 9.97 Å². The third-order valence-corrected chi connectivity index (χ3v) is 4.83. The molecule has 1 aliphatic rings. The second-order valence-electron chi connectivity index (χ2n) is 5.29. The summed E-state index contributed by atoms with van der Waals surface area (Å²) in [5.41, 5.74) is 10.7.